The van der Waals surface area contributed by atoms with E-state index in [1.54, 1.807) is 10.4 Å². The molecule has 1 aliphatic heterocycles. The lowest BCUT2D eigenvalue weighted by Gasteiger charge is -2.33. The molecule has 2 rings (SSSR count). The van der Waals surface area contributed by atoms with Gasteiger partial charge in [0.2, 0.25) is 10.0 Å². The molecule has 1 aromatic heterocycles. The fraction of sp³-hybridized carbons (Fsp3) is 0.692. The summed E-state index contributed by atoms with van der Waals surface area (Å²) in [5.74, 6) is 0.366. The minimum absolute atomic E-state index is 0.366. The molecule has 2 heterocycles. The van der Waals surface area contributed by atoms with Crippen LogP contribution in [0.25, 0.3) is 0 Å². The molecule has 0 unspecified atom stereocenters. The normalized spacial score (nSPS) is 18.6. The summed E-state index contributed by atoms with van der Waals surface area (Å²) in [4.78, 5) is 4.49. The van der Waals surface area contributed by atoms with Crippen LogP contribution in [0.5, 0.6) is 0 Å². The number of halogens is 1. The van der Waals surface area contributed by atoms with E-state index in [0.717, 1.165) is 35.8 Å². The quantitative estimate of drug-likeness (QED) is 0.776. The second-order valence-electron chi connectivity index (χ2n) is 5.01. The largest absolute Gasteiger partial charge is 0.301 e. The van der Waals surface area contributed by atoms with Crippen molar-refractivity contribution in [2.24, 2.45) is 0 Å². The zero-order valence-corrected chi connectivity index (χ0v) is 14.3. The van der Waals surface area contributed by atoms with E-state index in [1.807, 2.05) is 6.92 Å². The lowest BCUT2D eigenvalue weighted by molar-refractivity contribution is 0.188. The van der Waals surface area contributed by atoms with Crippen LogP contribution in [0.3, 0.4) is 0 Å². The SMILES string of the molecule is CCCN1CCN(S(=O)(=O)c2cc(CCl)sc2C)CC1. The van der Waals surface area contributed by atoms with Gasteiger partial charge in [0.15, 0.2) is 0 Å². The van der Waals surface area contributed by atoms with E-state index < -0.39 is 10.0 Å². The number of sulfonamides is 1. The maximum Gasteiger partial charge on any atom is 0.244 e. The first-order chi connectivity index (χ1) is 9.48. The molecule has 114 valence electrons. The minimum Gasteiger partial charge on any atom is -0.301 e. The van der Waals surface area contributed by atoms with Gasteiger partial charge in [0, 0.05) is 35.9 Å². The van der Waals surface area contributed by atoms with Gasteiger partial charge in [-0.25, -0.2) is 8.42 Å². The van der Waals surface area contributed by atoms with Crippen LogP contribution >= 0.6 is 22.9 Å². The van der Waals surface area contributed by atoms with Crippen molar-refractivity contribution in [2.75, 3.05) is 32.7 Å². The van der Waals surface area contributed by atoms with Gasteiger partial charge in [-0.2, -0.15) is 4.31 Å². The van der Waals surface area contributed by atoms with Crippen LogP contribution < -0.4 is 0 Å². The summed E-state index contributed by atoms with van der Waals surface area (Å²) in [6.07, 6.45) is 1.11. The Labute approximate surface area is 130 Å². The third-order valence-corrected chi connectivity index (χ3v) is 7.19. The molecule has 0 bridgehead atoms. The second kappa shape index (κ2) is 6.75. The van der Waals surface area contributed by atoms with Crippen LogP contribution in [0.4, 0.5) is 0 Å². The van der Waals surface area contributed by atoms with E-state index in [1.165, 1.54) is 11.3 Å². The van der Waals surface area contributed by atoms with E-state index in [2.05, 4.69) is 11.8 Å². The molecule has 7 heteroatoms. The van der Waals surface area contributed by atoms with Gasteiger partial charge in [0.25, 0.3) is 0 Å². The van der Waals surface area contributed by atoms with Gasteiger partial charge >= 0.3 is 0 Å². The molecule has 1 saturated heterocycles. The molecule has 0 aliphatic carbocycles. The molecule has 0 spiro atoms. The fourth-order valence-electron chi connectivity index (χ4n) is 2.49. The summed E-state index contributed by atoms with van der Waals surface area (Å²) < 4.78 is 26.9. The Morgan fingerprint density at radius 1 is 1.30 bits per heavy atom. The second-order valence-corrected chi connectivity index (χ2v) is 8.53. The monoisotopic (exact) mass is 336 g/mol. The van der Waals surface area contributed by atoms with Crippen molar-refractivity contribution in [1.82, 2.24) is 9.21 Å². The number of hydrogen-bond donors (Lipinski definition) is 0. The van der Waals surface area contributed by atoms with Gasteiger partial charge in [0.05, 0.1) is 10.8 Å². The van der Waals surface area contributed by atoms with E-state index >= 15 is 0 Å². The molecule has 1 aliphatic rings. The van der Waals surface area contributed by atoms with Crippen molar-refractivity contribution in [2.45, 2.75) is 31.0 Å². The van der Waals surface area contributed by atoms with Crippen LogP contribution in [0.1, 0.15) is 23.1 Å². The predicted molar refractivity (Wildman–Crippen MR) is 84.1 cm³/mol. The maximum atomic E-state index is 12.7. The van der Waals surface area contributed by atoms with Crippen molar-refractivity contribution in [3.63, 3.8) is 0 Å². The summed E-state index contributed by atoms with van der Waals surface area (Å²) in [5.41, 5.74) is 0. The summed E-state index contributed by atoms with van der Waals surface area (Å²) >= 11 is 7.26. The van der Waals surface area contributed by atoms with Gasteiger partial charge in [0.1, 0.15) is 0 Å². The molecular formula is C13H21ClN2O2S2. The highest BCUT2D eigenvalue weighted by Crippen LogP contribution is 2.29. The van der Waals surface area contributed by atoms with E-state index in [0.29, 0.717) is 23.9 Å². The summed E-state index contributed by atoms with van der Waals surface area (Å²) in [6, 6.07) is 1.72. The molecule has 0 amide bonds. The van der Waals surface area contributed by atoms with Crippen molar-refractivity contribution >= 4 is 33.0 Å². The van der Waals surface area contributed by atoms with Crippen molar-refractivity contribution in [3.05, 3.63) is 15.8 Å². The van der Waals surface area contributed by atoms with Crippen molar-refractivity contribution in [3.8, 4) is 0 Å². The van der Waals surface area contributed by atoms with E-state index in [-0.39, 0.29) is 0 Å². The number of thiophene rings is 1. The Morgan fingerprint density at radius 3 is 2.45 bits per heavy atom. The van der Waals surface area contributed by atoms with E-state index in [4.69, 9.17) is 11.6 Å². The topological polar surface area (TPSA) is 40.6 Å². The third-order valence-electron chi connectivity index (χ3n) is 3.54. The van der Waals surface area contributed by atoms with Crippen LogP contribution in [-0.4, -0.2) is 50.3 Å². The zero-order chi connectivity index (χ0) is 14.8. The lowest BCUT2D eigenvalue weighted by Crippen LogP contribution is -2.48. The third kappa shape index (κ3) is 3.36. The zero-order valence-electron chi connectivity index (χ0n) is 11.9. The first kappa shape index (κ1) is 16.2. The first-order valence-electron chi connectivity index (χ1n) is 6.86. The fourth-order valence-corrected chi connectivity index (χ4v) is 5.61. The van der Waals surface area contributed by atoms with Crippen LogP contribution in [-0.2, 0) is 15.9 Å². The number of alkyl halides is 1. The molecule has 0 N–H and O–H groups in total. The first-order valence-corrected chi connectivity index (χ1v) is 9.66. The van der Waals surface area contributed by atoms with Gasteiger partial charge in [-0.3, -0.25) is 0 Å². The summed E-state index contributed by atoms with van der Waals surface area (Å²) in [7, 11) is -3.36. The Bertz CT molecular complexity index is 549. The molecule has 0 radical (unpaired) electrons. The molecule has 4 nitrogen and oxygen atoms in total. The minimum atomic E-state index is -3.36. The average molecular weight is 337 g/mol. The smallest absolute Gasteiger partial charge is 0.244 e. The maximum absolute atomic E-state index is 12.7. The highest BCUT2D eigenvalue weighted by atomic mass is 35.5. The predicted octanol–water partition coefficient (Wildman–Crippen LogP) is 2.51. The highest BCUT2D eigenvalue weighted by Gasteiger charge is 2.30. The number of hydrogen-bond acceptors (Lipinski definition) is 4. The van der Waals surface area contributed by atoms with Crippen LogP contribution in [0.15, 0.2) is 11.0 Å². The van der Waals surface area contributed by atoms with Gasteiger partial charge < -0.3 is 4.90 Å². The van der Waals surface area contributed by atoms with Gasteiger partial charge in [-0.05, 0) is 26.0 Å². The number of rotatable bonds is 5. The number of piperazine rings is 1. The highest BCUT2D eigenvalue weighted by molar-refractivity contribution is 7.89. The average Bonchev–Trinajstić information content (AvgIpc) is 2.82. The van der Waals surface area contributed by atoms with Gasteiger partial charge in [-0.1, -0.05) is 6.92 Å². The number of aryl methyl sites for hydroxylation is 1. The molecule has 0 aromatic carbocycles. The van der Waals surface area contributed by atoms with E-state index in [9.17, 15) is 8.42 Å². The van der Waals surface area contributed by atoms with Crippen molar-refractivity contribution in [1.29, 1.82) is 0 Å². The molecular weight excluding hydrogens is 316 g/mol. The summed E-state index contributed by atoms with van der Waals surface area (Å²) in [5, 5.41) is 0. The lowest BCUT2D eigenvalue weighted by atomic mass is 10.3. The molecule has 20 heavy (non-hydrogen) atoms. The van der Waals surface area contributed by atoms with Crippen LogP contribution in [0.2, 0.25) is 0 Å². The molecule has 1 fully saturated rings. The molecule has 0 saturated carbocycles. The summed E-state index contributed by atoms with van der Waals surface area (Å²) in [6.45, 7) is 7.83. The Morgan fingerprint density at radius 2 is 1.95 bits per heavy atom. The molecule has 1 aromatic rings. The molecule has 0 atom stereocenters. The van der Waals surface area contributed by atoms with Crippen molar-refractivity contribution < 1.29 is 8.42 Å². The Hall–Kier alpha value is -0.140. The number of nitrogens with zero attached hydrogens (tertiary/aromatic N) is 2. The Kier molecular flexibility index (Phi) is 5.48. The Balaban J connectivity index is 2.13. The van der Waals surface area contributed by atoms with Gasteiger partial charge in [-0.15, -0.1) is 22.9 Å². The standard InChI is InChI=1S/C13H21ClN2O2S2/c1-3-4-15-5-7-16(8-6-15)20(17,18)13-9-12(10-14)19-11(13)2/h9H,3-8,10H2,1-2H3. The van der Waals surface area contributed by atoms with Crippen LogP contribution in [0, 0.1) is 6.92 Å².